The van der Waals surface area contributed by atoms with Crippen molar-refractivity contribution >= 4 is 17.1 Å². The van der Waals surface area contributed by atoms with E-state index in [0.717, 1.165) is 28.6 Å². The van der Waals surface area contributed by atoms with Crippen molar-refractivity contribution in [3.8, 4) is 11.5 Å². The number of carbonyl (C=O) groups is 1. The minimum absolute atomic E-state index is 0.250. The van der Waals surface area contributed by atoms with Crippen molar-refractivity contribution in [3.63, 3.8) is 0 Å². The largest absolute Gasteiger partial charge is 0.454 e. The van der Waals surface area contributed by atoms with Crippen LogP contribution in [0.4, 0.5) is 0 Å². The minimum atomic E-state index is 0.250. The van der Waals surface area contributed by atoms with Crippen LogP contribution < -0.4 is 9.47 Å². The molecule has 3 rings (SSSR count). The molecule has 0 aromatic heterocycles. The molecule has 1 heterocycles. The lowest BCUT2D eigenvalue weighted by Gasteiger charge is -2.02. The molecule has 0 unspecified atom stereocenters. The van der Waals surface area contributed by atoms with Crippen molar-refractivity contribution < 1.29 is 14.3 Å². The number of ether oxygens (including phenoxy) is 2. The molecule has 0 saturated heterocycles. The lowest BCUT2D eigenvalue weighted by Crippen LogP contribution is -1.93. The molecule has 1 aliphatic heterocycles. The maximum atomic E-state index is 10.7. The Balaban J connectivity index is 2.37. The molecule has 0 radical (unpaired) electrons. The number of hydrogen-bond acceptors (Lipinski definition) is 3. The van der Waals surface area contributed by atoms with E-state index >= 15 is 0 Å². The minimum Gasteiger partial charge on any atom is -0.454 e. The van der Waals surface area contributed by atoms with Gasteiger partial charge in [0.05, 0.1) is 0 Å². The topological polar surface area (TPSA) is 35.5 Å². The lowest BCUT2D eigenvalue weighted by molar-refractivity contribution is 0.112. The number of hydrogen-bond donors (Lipinski definition) is 0. The monoisotopic (exact) mass is 200 g/mol. The maximum Gasteiger partial charge on any atom is 0.231 e. The highest BCUT2D eigenvalue weighted by Crippen LogP contribution is 2.39. The summed E-state index contributed by atoms with van der Waals surface area (Å²) in [6, 6.07) is 9.34. The van der Waals surface area contributed by atoms with E-state index in [4.69, 9.17) is 9.47 Å². The Labute approximate surface area is 86.2 Å². The van der Waals surface area contributed by atoms with Gasteiger partial charge in [-0.2, -0.15) is 0 Å². The number of carbonyl (C=O) groups excluding carboxylic acids is 1. The van der Waals surface area contributed by atoms with Gasteiger partial charge in [-0.1, -0.05) is 18.2 Å². The second-order valence-electron chi connectivity index (χ2n) is 3.40. The van der Waals surface area contributed by atoms with Crippen molar-refractivity contribution in [1.29, 1.82) is 0 Å². The van der Waals surface area contributed by atoms with Crippen LogP contribution in [-0.2, 0) is 0 Å². The summed E-state index contributed by atoms with van der Waals surface area (Å²) in [5, 5.41) is 1.97. The van der Waals surface area contributed by atoms with E-state index in [-0.39, 0.29) is 6.79 Å². The molecule has 3 heteroatoms. The summed E-state index contributed by atoms with van der Waals surface area (Å²) in [5.41, 5.74) is 0.645. The Morgan fingerprint density at radius 2 is 2.00 bits per heavy atom. The predicted molar refractivity (Wildman–Crippen MR) is 55.5 cm³/mol. The van der Waals surface area contributed by atoms with Gasteiger partial charge in [0.2, 0.25) is 6.79 Å². The Hall–Kier alpha value is -2.03. The van der Waals surface area contributed by atoms with Crippen LogP contribution in [0.25, 0.3) is 10.8 Å². The molecule has 0 amide bonds. The Kier molecular flexibility index (Phi) is 1.65. The third-order valence-electron chi connectivity index (χ3n) is 2.51. The van der Waals surface area contributed by atoms with Crippen LogP contribution >= 0.6 is 0 Å². The Bertz CT molecular complexity index is 546. The SMILES string of the molecule is O=Cc1ccc2ccc3c(c2c1)OCO3. The van der Waals surface area contributed by atoms with Crippen molar-refractivity contribution in [2.45, 2.75) is 0 Å². The van der Waals surface area contributed by atoms with Crippen molar-refractivity contribution in [3.05, 3.63) is 35.9 Å². The summed E-state index contributed by atoms with van der Waals surface area (Å²) in [6.45, 7) is 0.250. The third kappa shape index (κ3) is 1.16. The Morgan fingerprint density at radius 3 is 2.87 bits per heavy atom. The van der Waals surface area contributed by atoms with Gasteiger partial charge in [0, 0.05) is 10.9 Å². The zero-order valence-electron chi connectivity index (χ0n) is 7.90. The van der Waals surface area contributed by atoms with E-state index < -0.39 is 0 Å². The number of fused-ring (bicyclic) bond motifs is 3. The molecule has 2 aromatic carbocycles. The highest BCUT2D eigenvalue weighted by atomic mass is 16.7. The van der Waals surface area contributed by atoms with Crippen molar-refractivity contribution in [1.82, 2.24) is 0 Å². The van der Waals surface area contributed by atoms with Crippen LogP contribution in [0.3, 0.4) is 0 Å². The fourth-order valence-electron chi connectivity index (χ4n) is 1.78. The summed E-state index contributed by atoms with van der Waals surface area (Å²) in [5.74, 6) is 1.47. The second-order valence-corrected chi connectivity index (χ2v) is 3.40. The normalized spacial score (nSPS) is 13.1. The van der Waals surface area contributed by atoms with Gasteiger partial charge in [-0.25, -0.2) is 0 Å². The second kappa shape index (κ2) is 2.98. The average molecular weight is 200 g/mol. The first kappa shape index (κ1) is 8.29. The third-order valence-corrected chi connectivity index (χ3v) is 2.51. The van der Waals surface area contributed by atoms with Crippen LogP contribution in [0.1, 0.15) is 10.4 Å². The molecule has 0 saturated carbocycles. The maximum absolute atomic E-state index is 10.7. The van der Waals surface area contributed by atoms with Gasteiger partial charge < -0.3 is 9.47 Å². The van der Waals surface area contributed by atoms with E-state index in [1.165, 1.54) is 0 Å². The van der Waals surface area contributed by atoms with Gasteiger partial charge in [-0.05, 0) is 17.5 Å². The molecule has 0 N–H and O–H groups in total. The van der Waals surface area contributed by atoms with Crippen molar-refractivity contribution in [2.75, 3.05) is 6.79 Å². The van der Waals surface area contributed by atoms with Crippen LogP contribution in [0.2, 0.25) is 0 Å². The van der Waals surface area contributed by atoms with E-state index in [1.54, 1.807) is 6.07 Å². The highest BCUT2D eigenvalue weighted by molar-refractivity contribution is 5.94. The number of rotatable bonds is 1. The van der Waals surface area contributed by atoms with Crippen LogP contribution in [-0.4, -0.2) is 13.1 Å². The van der Waals surface area contributed by atoms with Gasteiger partial charge in [0.15, 0.2) is 11.5 Å². The average Bonchev–Trinajstić information content (AvgIpc) is 2.76. The highest BCUT2D eigenvalue weighted by Gasteiger charge is 2.16. The van der Waals surface area contributed by atoms with Gasteiger partial charge in [-0.15, -0.1) is 0 Å². The fourth-order valence-corrected chi connectivity index (χ4v) is 1.78. The van der Waals surface area contributed by atoms with Crippen LogP contribution in [0.5, 0.6) is 11.5 Å². The van der Waals surface area contributed by atoms with Crippen LogP contribution in [0, 0.1) is 0 Å². The molecule has 0 spiro atoms. The molecule has 0 bridgehead atoms. The van der Waals surface area contributed by atoms with E-state index in [2.05, 4.69) is 0 Å². The molecule has 15 heavy (non-hydrogen) atoms. The molecule has 1 aliphatic rings. The van der Waals surface area contributed by atoms with Gasteiger partial charge in [0.25, 0.3) is 0 Å². The van der Waals surface area contributed by atoms with Gasteiger partial charge >= 0.3 is 0 Å². The molecular weight excluding hydrogens is 192 g/mol. The summed E-state index contributed by atoms with van der Waals surface area (Å²) >= 11 is 0. The van der Waals surface area contributed by atoms with E-state index in [0.29, 0.717) is 5.56 Å². The summed E-state index contributed by atoms with van der Waals surface area (Å²) < 4.78 is 10.6. The first-order valence-corrected chi connectivity index (χ1v) is 4.66. The Morgan fingerprint density at radius 1 is 1.13 bits per heavy atom. The number of benzene rings is 2. The van der Waals surface area contributed by atoms with E-state index in [9.17, 15) is 4.79 Å². The summed E-state index contributed by atoms with van der Waals surface area (Å²) in [4.78, 5) is 10.7. The molecule has 74 valence electrons. The zero-order chi connectivity index (χ0) is 10.3. The first-order chi connectivity index (χ1) is 7.38. The molecule has 3 nitrogen and oxygen atoms in total. The fraction of sp³-hybridized carbons (Fsp3) is 0.0833. The summed E-state index contributed by atoms with van der Waals surface area (Å²) in [6.07, 6.45) is 0.828. The molecule has 0 aliphatic carbocycles. The summed E-state index contributed by atoms with van der Waals surface area (Å²) in [7, 11) is 0. The zero-order valence-corrected chi connectivity index (χ0v) is 7.90. The first-order valence-electron chi connectivity index (χ1n) is 4.66. The standard InChI is InChI=1S/C12H8O3/c13-6-8-1-2-9-3-4-11-12(10(9)5-8)15-7-14-11/h1-6H,7H2. The molecule has 0 atom stereocenters. The molecular formula is C12H8O3. The van der Waals surface area contributed by atoms with Gasteiger partial charge in [0.1, 0.15) is 6.29 Å². The predicted octanol–water partition coefficient (Wildman–Crippen LogP) is 2.38. The quantitative estimate of drug-likeness (QED) is 0.663. The molecule has 2 aromatic rings. The smallest absolute Gasteiger partial charge is 0.231 e. The lowest BCUT2D eigenvalue weighted by atomic mass is 10.1. The van der Waals surface area contributed by atoms with Crippen molar-refractivity contribution in [2.24, 2.45) is 0 Å². The van der Waals surface area contributed by atoms with Gasteiger partial charge in [-0.3, -0.25) is 4.79 Å². The molecule has 0 fully saturated rings. The van der Waals surface area contributed by atoms with E-state index in [1.807, 2.05) is 24.3 Å². The number of aldehydes is 1. The van der Waals surface area contributed by atoms with Crippen LogP contribution in [0.15, 0.2) is 30.3 Å².